The monoisotopic (exact) mass is 315 g/mol. The zero-order valence-electron chi connectivity index (χ0n) is 12.1. The molecule has 0 aliphatic heterocycles. The van der Waals surface area contributed by atoms with Crippen LogP contribution in [-0.2, 0) is 11.2 Å². The number of nitro groups is 1. The zero-order chi connectivity index (χ0) is 15.0. The van der Waals surface area contributed by atoms with Gasteiger partial charge in [0.15, 0.2) is 0 Å². The summed E-state index contributed by atoms with van der Waals surface area (Å²) < 4.78 is 0. The number of amides is 1. The summed E-state index contributed by atoms with van der Waals surface area (Å²) >= 11 is 0. The Kier molecular flexibility index (Phi) is 9.32. The van der Waals surface area contributed by atoms with Crippen molar-refractivity contribution in [2.24, 2.45) is 5.73 Å². The lowest BCUT2D eigenvalue weighted by Crippen LogP contribution is -2.42. The molecule has 7 heteroatoms. The summed E-state index contributed by atoms with van der Waals surface area (Å²) in [6, 6.07) is 5.46. The van der Waals surface area contributed by atoms with E-state index in [1.54, 1.807) is 12.1 Å². The van der Waals surface area contributed by atoms with Gasteiger partial charge in [0.2, 0.25) is 5.91 Å². The van der Waals surface area contributed by atoms with Crippen molar-refractivity contribution >= 4 is 24.0 Å². The van der Waals surface area contributed by atoms with Crippen LogP contribution < -0.4 is 11.1 Å². The molecule has 0 radical (unpaired) electrons. The van der Waals surface area contributed by atoms with Gasteiger partial charge in [-0.05, 0) is 18.4 Å². The number of benzene rings is 1. The minimum absolute atomic E-state index is 0. The lowest BCUT2D eigenvalue weighted by atomic mass is 10.1. The average molecular weight is 316 g/mol. The van der Waals surface area contributed by atoms with Gasteiger partial charge in [0.25, 0.3) is 5.69 Å². The number of hydrogen-bond donors (Lipinski definition) is 2. The molecule has 1 aromatic rings. The van der Waals surface area contributed by atoms with Gasteiger partial charge >= 0.3 is 0 Å². The summed E-state index contributed by atoms with van der Waals surface area (Å²) in [4.78, 5) is 21.8. The topological polar surface area (TPSA) is 98.3 Å². The smallest absolute Gasteiger partial charge is 0.269 e. The highest BCUT2D eigenvalue weighted by molar-refractivity contribution is 5.85. The Balaban J connectivity index is 0.00000400. The third kappa shape index (κ3) is 7.06. The number of unbranched alkanes of at least 4 members (excludes halogenated alkanes) is 2. The van der Waals surface area contributed by atoms with E-state index in [4.69, 9.17) is 5.73 Å². The van der Waals surface area contributed by atoms with E-state index in [0.29, 0.717) is 13.0 Å². The quantitative estimate of drug-likeness (QED) is 0.436. The molecule has 0 unspecified atom stereocenters. The number of non-ortho nitro benzene ring substituents is 1. The molecule has 1 amide bonds. The van der Waals surface area contributed by atoms with E-state index in [1.165, 1.54) is 12.1 Å². The number of nitrogens with zero attached hydrogens (tertiary/aromatic N) is 1. The Morgan fingerprint density at radius 1 is 1.33 bits per heavy atom. The van der Waals surface area contributed by atoms with E-state index in [9.17, 15) is 14.9 Å². The number of halogens is 1. The van der Waals surface area contributed by atoms with Crippen molar-refractivity contribution < 1.29 is 9.72 Å². The summed E-state index contributed by atoms with van der Waals surface area (Å²) in [6.07, 6.45) is 3.51. The Bertz CT molecular complexity index is 451. The van der Waals surface area contributed by atoms with Crippen molar-refractivity contribution in [3.8, 4) is 0 Å². The summed E-state index contributed by atoms with van der Waals surface area (Å²) in [5.74, 6) is -0.181. The van der Waals surface area contributed by atoms with Gasteiger partial charge in [0, 0.05) is 18.7 Å². The van der Waals surface area contributed by atoms with E-state index in [1.807, 2.05) is 0 Å². The largest absolute Gasteiger partial charge is 0.355 e. The Hall–Kier alpha value is -1.66. The molecule has 0 fully saturated rings. The lowest BCUT2D eigenvalue weighted by molar-refractivity contribution is -0.384. The van der Waals surface area contributed by atoms with Crippen LogP contribution >= 0.6 is 12.4 Å². The minimum Gasteiger partial charge on any atom is -0.355 e. The van der Waals surface area contributed by atoms with E-state index in [-0.39, 0.29) is 24.0 Å². The van der Waals surface area contributed by atoms with Crippen LogP contribution in [0.15, 0.2) is 24.3 Å². The van der Waals surface area contributed by atoms with Crippen molar-refractivity contribution in [3.05, 3.63) is 39.9 Å². The van der Waals surface area contributed by atoms with Crippen molar-refractivity contribution in [1.82, 2.24) is 5.32 Å². The summed E-state index contributed by atoms with van der Waals surface area (Å²) in [5, 5.41) is 13.3. The number of carbonyl (C=O) groups is 1. The molecule has 0 spiro atoms. The van der Waals surface area contributed by atoms with E-state index >= 15 is 0 Å². The fraction of sp³-hybridized carbons (Fsp3) is 0.500. The van der Waals surface area contributed by atoms with Gasteiger partial charge < -0.3 is 11.1 Å². The van der Waals surface area contributed by atoms with Crippen molar-refractivity contribution in [1.29, 1.82) is 0 Å². The second-order valence-corrected chi connectivity index (χ2v) is 4.73. The number of nitrogens with two attached hydrogens (primary N) is 1. The summed E-state index contributed by atoms with van der Waals surface area (Å²) in [5.41, 5.74) is 6.66. The van der Waals surface area contributed by atoms with Crippen molar-refractivity contribution in [3.63, 3.8) is 0 Å². The highest BCUT2D eigenvalue weighted by Gasteiger charge is 2.14. The van der Waals surface area contributed by atoms with Gasteiger partial charge in [0.05, 0.1) is 11.0 Å². The normalized spacial score (nSPS) is 11.3. The summed E-state index contributed by atoms with van der Waals surface area (Å²) in [6.45, 7) is 2.74. The van der Waals surface area contributed by atoms with E-state index in [0.717, 1.165) is 24.8 Å². The number of hydrogen-bond acceptors (Lipinski definition) is 4. The third-order valence-corrected chi connectivity index (χ3v) is 3.02. The van der Waals surface area contributed by atoms with E-state index < -0.39 is 11.0 Å². The first-order chi connectivity index (χ1) is 9.54. The number of nitro benzene ring substituents is 1. The first-order valence-electron chi connectivity index (χ1n) is 6.81. The van der Waals surface area contributed by atoms with Crippen LogP contribution in [0.25, 0.3) is 0 Å². The lowest BCUT2D eigenvalue weighted by Gasteiger charge is -2.12. The molecule has 0 aliphatic rings. The van der Waals surface area contributed by atoms with Gasteiger partial charge in [-0.1, -0.05) is 31.9 Å². The van der Waals surface area contributed by atoms with Crippen molar-refractivity contribution in [2.75, 3.05) is 6.54 Å². The van der Waals surface area contributed by atoms with Gasteiger partial charge in [0.1, 0.15) is 0 Å². The second-order valence-electron chi connectivity index (χ2n) is 4.73. The summed E-state index contributed by atoms with van der Waals surface area (Å²) in [7, 11) is 0. The van der Waals surface area contributed by atoms with Gasteiger partial charge in [-0.2, -0.15) is 0 Å². The first-order valence-corrected chi connectivity index (χ1v) is 6.81. The maximum Gasteiger partial charge on any atom is 0.269 e. The van der Waals surface area contributed by atoms with Crippen LogP contribution in [0, 0.1) is 10.1 Å². The molecule has 118 valence electrons. The van der Waals surface area contributed by atoms with Crippen LogP contribution in [0.4, 0.5) is 5.69 Å². The van der Waals surface area contributed by atoms with Crippen LogP contribution in [0.1, 0.15) is 31.7 Å². The van der Waals surface area contributed by atoms with Gasteiger partial charge in [-0.25, -0.2) is 0 Å². The number of carbonyl (C=O) groups excluding carboxylic acids is 1. The molecule has 6 nitrogen and oxygen atoms in total. The predicted octanol–water partition coefficient (Wildman–Crippen LogP) is 2.19. The molecule has 0 aromatic heterocycles. The van der Waals surface area contributed by atoms with E-state index in [2.05, 4.69) is 12.2 Å². The molecular formula is C14H22ClN3O3. The van der Waals surface area contributed by atoms with Crippen LogP contribution in [0.5, 0.6) is 0 Å². The average Bonchev–Trinajstić information content (AvgIpc) is 2.44. The Morgan fingerprint density at radius 3 is 2.48 bits per heavy atom. The number of rotatable bonds is 8. The fourth-order valence-electron chi connectivity index (χ4n) is 1.82. The highest BCUT2D eigenvalue weighted by atomic mass is 35.5. The van der Waals surface area contributed by atoms with Crippen molar-refractivity contribution in [2.45, 2.75) is 38.6 Å². The molecule has 0 saturated carbocycles. The molecule has 1 rings (SSSR count). The molecule has 21 heavy (non-hydrogen) atoms. The maximum atomic E-state index is 11.7. The fourth-order valence-corrected chi connectivity index (χ4v) is 1.82. The molecule has 1 aromatic carbocycles. The molecular weight excluding hydrogens is 294 g/mol. The maximum absolute atomic E-state index is 11.7. The minimum atomic E-state index is -0.627. The zero-order valence-corrected chi connectivity index (χ0v) is 12.9. The SMILES string of the molecule is CCCCCNC(=O)[C@@H](N)Cc1ccc([N+](=O)[O-])cc1.Cl. The molecule has 0 aliphatic carbocycles. The molecule has 0 saturated heterocycles. The third-order valence-electron chi connectivity index (χ3n) is 3.02. The highest BCUT2D eigenvalue weighted by Crippen LogP contribution is 2.12. The Morgan fingerprint density at radius 2 is 1.95 bits per heavy atom. The van der Waals surface area contributed by atoms with Crippen LogP contribution in [0.3, 0.4) is 0 Å². The second kappa shape index (κ2) is 10.1. The van der Waals surface area contributed by atoms with Gasteiger partial charge in [-0.3, -0.25) is 14.9 Å². The molecule has 0 bridgehead atoms. The first kappa shape index (κ1) is 19.3. The van der Waals surface area contributed by atoms with Crippen LogP contribution in [-0.4, -0.2) is 23.4 Å². The standard InChI is InChI=1S/C14H21N3O3.ClH/c1-2-3-4-9-16-14(18)13(15)10-11-5-7-12(8-6-11)17(19)20;/h5-8,13H,2-4,9-10,15H2,1H3,(H,16,18);1H/t13-;/m0./s1. The molecule has 3 N–H and O–H groups in total. The van der Waals surface area contributed by atoms with Gasteiger partial charge in [-0.15, -0.1) is 12.4 Å². The number of nitrogens with one attached hydrogen (secondary N) is 1. The van der Waals surface area contributed by atoms with Crippen LogP contribution in [0.2, 0.25) is 0 Å². The Labute approximate surface area is 130 Å². The predicted molar refractivity (Wildman–Crippen MR) is 84.6 cm³/mol. The molecule has 1 atom stereocenters. The molecule has 0 heterocycles.